The molecule has 0 aliphatic carbocycles. The maximum absolute atomic E-state index is 13.7. The van der Waals surface area contributed by atoms with Gasteiger partial charge in [-0.1, -0.05) is 84.5 Å². The van der Waals surface area contributed by atoms with Crippen molar-refractivity contribution in [1.29, 1.82) is 0 Å². The molecule has 5 rings (SSSR count). The summed E-state index contributed by atoms with van der Waals surface area (Å²) in [5, 5.41) is 11.6. The number of carbonyl (C=O) groups is 1. The number of benzene rings is 3. The van der Waals surface area contributed by atoms with Crippen molar-refractivity contribution in [3.63, 3.8) is 0 Å². The van der Waals surface area contributed by atoms with Gasteiger partial charge in [-0.15, -0.1) is 0 Å². The Hall–Kier alpha value is -3.94. The molecule has 0 aliphatic heterocycles. The maximum Gasteiger partial charge on any atom is 0.307 e. The van der Waals surface area contributed by atoms with Crippen LogP contribution >= 0.6 is 22.9 Å². The van der Waals surface area contributed by atoms with E-state index in [1.807, 2.05) is 42.5 Å². The Labute approximate surface area is 215 Å². The van der Waals surface area contributed by atoms with E-state index in [1.54, 1.807) is 37.3 Å². The van der Waals surface area contributed by atoms with Gasteiger partial charge in [0.1, 0.15) is 0 Å². The van der Waals surface area contributed by atoms with E-state index in [2.05, 4.69) is 4.98 Å². The fraction of sp³-hybridized carbons (Fsp3) is 0.107. The highest BCUT2D eigenvalue weighted by Gasteiger charge is 2.23. The SMILES string of the molecule is CCC(=O)c1c(-c2ccccc2)c2cc(Cl)ccc2c(=O)n1Cc1ccc(-c2sc(=O)[nH]c2O)cc1. The lowest BCUT2D eigenvalue weighted by Crippen LogP contribution is -2.28. The predicted molar refractivity (Wildman–Crippen MR) is 144 cm³/mol. The van der Waals surface area contributed by atoms with Gasteiger partial charge in [0.15, 0.2) is 5.78 Å². The van der Waals surface area contributed by atoms with Crippen LogP contribution in [0.5, 0.6) is 5.88 Å². The minimum atomic E-state index is -0.342. The molecule has 0 amide bonds. The monoisotopic (exact) mass is 516 g/mol. The van der Waals surface area contributed by atoms with Crippen LogP contribution in [-0.4, -0.2) is 20.4 Å². The molecule has 2 heterocycles. The molecule has 0 spiro atoms. The smallest absolute Gasteiger partial charge is 0.307 e. The number of Topliss-reactive ketones (excluding diaryl/α,β-unsaturated/α-hetero) is 1. The number of carbonyl (C=O) groups excluding carboxylic acids is 1. The summed E-state index contributed by atoms with van der Waals surface area (Å²) in [5.41, 5.74) is 3.04. The molecule has 0 fully saturated rings. The first-order chi connectivity index (χ1) is 17.4. The molecule has 0 unspecified atom stereocenters. The third-order valence-corrected chi connectivity index (χ3v) is 7.22. The maximum atomic E-state index is 13.7. The number of ketones is 1. The van der Waals surface area contributed by atoms with Crippen LogP contribution in [0.25, 0.3) is 32.3 Å². The van der Waals surface area contributed by atoms with Crippen LogP contribution in [0.3, 0.4) is 0 Å². The third kappa shape index (κ3) is 4.27. The van der Waals surface area contributed by atoms with E-state index in [1.165, 1.54) is 4.57 Å². The lowest BCUT2D eigenvalue weighted by atomic mass is 9.94. The summed E-state index contributed by atoms with van der Waals surface area (Å²) in [5.74, 6) is -0.322. The predicted octanol–water partition coefficient (Wildman–Crippen LogP) is 6.09. The molecule has 0 saturated heterocycles. The Kier molecular flexibility index (Phi) is 6.35. The molecule has 2 aromatic heterocycles. The van der Waals surface area contributed by atoms with E-state index < -0.39 is 0 Å². The number of fused-ring (bicyclic) bond motifs is 1. The number of pyridine rings is 1. The molecule has 2 N–H and O–H groups in total. The average Bonchev–Trinajstić information content (AvgIpc) is 3.23. The molecule has 8 heteroatoms. The second-order valence-corrected chi connectivity index (χ2v) is 9.76. The fourth-order valence-electron chi connectivity index (χ4n) is 4.38. The van der Waals surface area contributed by atoms with Crippen LogP contribution in [0.1, 0.15) is 29.4 Å². The van der Waals surface area contributed by atoms with Crippen LogP contribution in [0.15, 0.2) is 82.4 Å². The zero-order chi connectivity index (χ0) is 25.4. The number of nitrogens with one attached hydrogen (secondary N) is 1. The topological polar surface area (TPSA) is 92.2 Å². The summed E-state index contributed by atoms with van der Waals surface area (Å²) in [4.78, 5) is 41.1. The zero-order valence-corrected chi connectivity index (χ0v) is 20.8. The summed E-state index contributed by atoms with van der Waals surface area (Å²) < 4.78 is 1.53. The van der Waals surface area contributed by atoms with Gasteiger partial charge in [0.2, 0.25) is 5.88 Å². The van der Waals surface area contributed by atoms with Crippen molar-refractivity contribution >= 4 is 39.5 Å². The highest BCUT2D eigenvalue weighted by molar-refractivity contribution is 7.13. The minimum Gasteiger partial charge on any atom is -0.493 e. The van der Waals surface area contributed by atoms with Gasteiger partial charge in [0.25, 0.3) is 5.56 Å². The molecule has 0 atom stereocenters. The number of aromatic nitrogens is 2. The van der Waals surface area contributed by atoms with Crippen LogP contribution in [0.4, 0.5) is 0 Å². The lowest BCUT2D eigenvalue weighted by molar-refractivity contribution is 0.0979. The second-order valence-electron chi connectivity index (χ2n) is 8.34. The highest BCUT2D eigenvalue weighted by atomic mass is 35.5. The molecule has 36 heavy (non-hydrogen) atoms. The highest BCUT2D eigenvalue weighted by Crippen LogP contribution is 2.34. The summed E-state index contributed by atoms with van der Waals surface area (Å²) in [6.07, 6.45) is 0.232. The first kappa shape index (κ1) is 23.8. The van der Waals surface area contributed by atoms with E-state index in [4.69, 9.17) is 11.6 Å². The van der Waals surface area contributed by atoms with Crippen LogP contribution in [0, 0.1) is 0 Å². The molecule has 0 aliphatic rings. The van der Waals surface area contributed by atoms with Gasteiger partial charge in [-0.05, 0) is 40.3 Å². The van der Waals surface area contributed by atoms with Crippen molar-refractivity contribution in [2.75, 3.05) is 0 Å². The standard InChI is InChI=1S/C28H21ClN2O4S/c1-2-22(32)24-23(17-6-4-3-5-7-17)21-14-19(29)12-13-20(21)27(34)31(24)15-16-8-10-18(11-9-16)25-26(33)30-28(35)36-25/h3-14,33H,2,15H2,1H3,(H,30,35). The number of H-pyrrole nitrogens is 1. The van der Waals surface area contributed by atoms with Gasteiger partial charge in [0, 0.05) is 22.4 Å². The molecule has 180 valence electrons. The molecule has 0 saturated carbocycles. The van der Waals surface area contributed by atoms with Gasteiger partial charge in [-0.2, -0.15) is 0 Å². The minimum absolute atomic E-state index is 0.147. The van der Waals surface area contributed by atoms with Gasteiger partial charge in [0.05, 0.1) is 17.1 Å². The van der Waals surface area contributed by atoms with E-state index >= 15 is 0 Å². The number of aromatic amines is 1. The normalized spacial score (nSPS) is 11.2. The van der Waals surface area contributed by atoms with Crippen molar-refractivity contribution < 1.29 is 9.90 Å². The van der Waals surface area contributed by atoms with Gasteiger partial charge >= 0.3 is 4.87 Å². The molecular formula is C28H21ClN2O4S. The summed E-state index contributed by atoms with van der Waals surface area (Å²) in [6, 6.07) is 21.8. The first-order valence-corrected chi connectivity index (χ1v) is 12.5. The largest absolute Gasteiger partial charge is 0.493 e. The van der Waals surface area contributed by atoms with Crippen LogP contribution in [0.2, 0.25) is 5.02 Å². The number of aromatic hydroxyl groups is 1. The Morgan fingerprint density at radius 2 is 1.69 bits per heavy atom. The zero-order valence-electron chi connectivity index (χ0n) is 19.2. The molecule has 0 bridgehead atoms. The second kappa shape index (κ2) is 9.60. The first-order valence-electron chi connectivity index (χ1n) is 11.3. The van der Waals surface area contributed by atoms with E-state index in [0.29, 0.717) is 37.5 Å². The lowest BCUT2D eigenvalue weighted by Gasteiger charge is -2.19. The number of rotatable bonds is 6. The summed E-state index contributed by atoms with van der Waals surface area (Å²) in [7, 11) is 0. The number of halogens is 1. The van der Waals surface area contributed by atoms with Crippen molar-refractivity contribution in [2.45, 2.75) is 19.9 Å². The van der Waals surface area contributed by atoms with Gasteiger partial charge in [-0.3, -0.25) is 23.9 Å². The summed E-state index contributed by atoms with van der Waals surface area (Å²) in [6.45, 7) is 1.95. The average molecular weight is 517 g/mol. The van der Waals surface area contributed by atoms with Gasteiger partial charge < -0.3 is 5.11 Å². The van der Waals surface area contributed by atoms with Gasteiger partial charge in [-0.25, -0.2) is 0 Å². The Morgan fingerprint density at radius 3 is 2.33 bits per heavy atom. The number of hydrogen-bond donors (Lipinski definition) is 2. The Balaban J connectivity index is 1.72. The molecule has 0 radical (unpaired) electrons. The van der Waals surface area contributed by atoms with E-state index in [0.717, 1.165) is 22.5 Å². The molecule has 6 nitrogen and oxygen atoms in total. The third-order valence-electron chi connectivity index (χ3n) is 6.07. The van der Waals surface area contributed by atoms with Crippen molar-refractivity contribution in [2.24, 2.45) is 0 Å². The van der Waals surface area contributed by atoms with Crippen LogP contribution < -0.4 is 10.4 Å². The van der Waals surface area contributed by atoms with Crippen molar-refractivity contribution in [1.82, 2.24) is 9.55 Å². The Bertz CT molecular complexity index is 1720. The molecule has 3 aromatic carbocycles. The van der Waals surface area contributed by atoms with Crippen molar-refractivity contribution in [3.05, 3.63) is 109 Å². The molecule has 5 aromatic rings. The number of hydrogen-bond acceptors (Lipinski definition) is 5. The van der Waals surface area contributed by atoms with E-state index in [9.17, 15) is 19.5 Å². The molecular weight excluding hydrogens is 496 g/mol. The van der Waals surface area contributed by atoms with Crippen molar-refractivity contribution in [3.8, 4) is 27.4 Å². The van der Waals surface area contributed by atoms with Crippen LogP contribution in [-0.2, 0) is 6.54 Å². The quantitative estimate of drug-likeness (QED) is 0.267. The number of nitrogens with zero attached hydrogens (tertiary/aromatic N) is 1. The summed E-state index contributed by atoms with van der Waals surface area (Å²) >= 11 is 7.23. The number of thiazole rings is 1. The Morgan fingerprint density at radius 1 is 0.972 bits per heavy atom. The fourth-order valence-corrected chi connectivity index (χ4v) is 5.29. The van der Waals surface area contributed by atoms with E-state index in [-0.39, 0.29) is 35.1 Å².